The number of aromatic nitrogens is 1. The zero-order valence-electron chi connectivity index (χ0n) is 13.5. The maximum atomic E-state index is 9.01. The van der Waals surface area contributed by atoms with E-state index in [1.54, 1.807) is 6.07 Å². The van der Waals surface area contributed by atoms with Gasteiger partial charge in [0, 0.05) is 23.5 Å². The number of nitriles is 1. The molecule has 0 unspecified atom stereocenters. The Hall–Kier alpha value is -2.61. The van der Waals surface area contributed by atoms with Crippen molar-refractivity contribution in [3.63, 3.8) is 0 Å². The first-order valence-electron chi connectivity index (χ1n) is 8.16. The quantitative estimate of drug-likeness (QED) is 0.690. The van der Waals surface area contributed by atoms with Crippen LogP contribution in [0.2, 0.25) is 5.02 Å². The molecule has 124 valence electrons. The molecule has 25 heavy (non-hydrogen) atoms. The largest absolute Gasteiger partial charge is 0.370 e. The molecule has 0 radical (unpaired) electrons. The molecule has 4 nitrogen and oxygen atoms in total. The highest BCUT2D eigenvalue weighted by atomic mass is 35.5. The summed E-state index contributed by atoms with van der Waals surface area (Å²) in [6.45, 7) is 2.20. The van der Waals surface area contributed by atoms with Crippen molar-refractivity contribution in [1.29, 1.82) is 5.26 Å². The second-order valence-electron chi connectivity index (χ2n) is 6.05. The molecule has 0 N–H and O–H groups in total. The van der Waals surface area contributed by atoms with Crippen LogP contribution < -0.4 is 4.90 Å². The molecule has 0 bridgehead atoms. The third kappa shape index (κ3) is 3.30. The van der Waals surface area contributed by atoms with Crippen LogP contribution >= 0.6 is 11.6 Å². The van der Waals surface area contributed by atoms with Crippen molar-refractivity contribution in [2.45, 2.75) is 6.10 Å². The Kier molecular flexibility index (Phi) is 4.27. The van der Waals surface area contributed by atoms with E-state index in [9.17, 15) is 0 Å². The molecule has 4 rings (SSSR count). The average molecular weight is 350 g/mol. The molecular formula is C20H16ClN3O. The number of morpholine rings is 1. The van der Waals surface area contributed by atoms with Crippen LogP contribution in [0.15, 0.2) is 54.6 Å². The van der Waals surface area contributed by atoms with Crippen molar-refractivity contribution in [2.75, 3.05) is 24.6 Å². The van der Waals surface area contributed by atoms with Crippen LogP contribution in [0.5, 0.6) is 0 Å². The molecule has 1 saturated heterocycles. The number of nitrogens with zero attached hydrogens (tertiary/aromatic N) is 3. The second kappa shape index (κ2) is 6.72. The summed E-state index contributed by atoms with van der Waals surface area (Å²) >= 11 is 5.97. The van der Waals surface area contributed by atoms with E-state index in [0.717, 1.165) is 40.4 Å². The highest BCUT2D eigenvalue weighted by Gasteiger charge is 2.23. The van der Waals surface area contributed by atoms with Crippen LogP contribution in [0.25, 0.3) is 10.9 Å². The first-order chi connectivity index (χ1) is 12.2. The first kappa shape index (κ1) is 15.9. The summed E-state index contributed by atoms with van der Waals surface area (Å²) in [6, 6.07) is 19.5. The van der Waals surface area contributed by atoms with E-state index in [1.165, 1.54) is 0 Å². The summed E-state index contributed by atoms with van der Waals surface area (Å²) in [7, 11) is 0. The van der Waals surface area contributed by atoms with Crippen molar-refractivity contribution in [3.8, 4) is 6.07 Å². The van der Waals surface area contributed by atoms with Crippen LogP contribution in [0.1, 0.15) is 17.2 Å². The number of ether oxygens (including phenoxy) is 1. The first-order valence-corrected chi connectivity index (χ1v) is 8.54. The molecule has 1 atom stereocenters. The highest BCUT2D eigenvalue weighted by Crippen LogP contribution is 2.27. The Balaban J connectivity index is 1.59. The number of rotatable bonds is 2. The summed E-state index contributed by atoms with van der Waals surface area (Å²) in [4.78, 5) is 6.99. The van der Waals surface area contributed by atoms with Gasteiger partial charge in [0.25, 0.3) is 0 Å². The van der Waals surface area contributed by atoms with Crippen LogP contribution in [0.4, 0.5) is 5.82 Å². The third-order valence-electron chi connectivity index (χ3n) is 4.44. The molecule has 1 aromatic heterocycles. The highest BCUT2D eigenvalue weighted by molar-refractivity contribution is 6.30. The Labute approximate surface area is 151 Å². The zero-order chi connectivity index (χ0) is 17.2. The van der Waals surface area contributed by atoms with Gasteiger partial charge in [0.1, 0.15) is 11.9 Å². The molecule has 1 aliphatic rings. The van der Waals surface area contributed by atoms with Crippen molar-refractivity contribution in [3.05, 3.63) is 70.7 Å². The minimum atomic E-state index is 0.00415. The number of pyridine rings is 1. The monoisotopic (exact) mass is 349 g/mol. The number of halogens is 1. The van der Waals surface area contributed by atoms with E-state index in [0.29, 0.717) is 12.2 Å². The number of benzene rings is 2. The maximum absolute atomic E-state index is 9.01. The average Bonchev–Trinajstić information content (AvgIpc) is 2.68. The normalized spacial score (nSPS) is 17.4. The van der Waals surface area contributed by atoms with E-state index in [1.807, 2.05) is 48.5 Å². The fourth-order valence-corrected chi connectivity index (χ4v) is 3.22. The summed E-state index contributed by atoms with van der Waals surface area (Å²) in [5.41, 5.74) is 2.66. The number of fused-ring (bicyclic) bond motifs is 1. The van der Waals surface area contributed by atoms with Gasteiger partial charge in [-0.1, -0.05) is 23.7 Å². The van der Waals surface area contributed by atoms with E-state index < -0.39 is 0 Å². The predicted octanol–water partition coefficient (Wildman–Crippen LogP) is 4.34. The van der Waals surface area contributed by atoms with Gasteiger partial charge < -0.3 is 9.64 Å². The summed E-state index contributed by atoms with van der Waals surface area (Å²) in [5, 5.41) is 10.7. The van der Waals surface area contributed by atoms with Gasteiger partial charge in [-0.05, 0) is 48.0 Å². The van der Waals surface area contributed by atoms with Crippen LogP contribution in [-0.4, -0.2) is 24.7 Å². The number of hydrogen-bond donors (Lipinski definition) is 0. The summed E-state index contributed by atoms with van der Waals surface area (Å²) in [5.74, 6) is 0.930. The van der Waals surface area contributed by atoms with E-state index in [4.69, 9.17) is 26.6 Å². The molecule has 0 spiro atoms. The lowest BCUT2D eigenvalue weighted by molar-refractivity contribution is 0.0395. The van der Waals surface area contributed by atoms with Gasteiger partial charge >= 0.3 is 0 Å². The smallest absolute Gasteiger partial charge is 0.129 e. The lowest BCUT2D eigenvalue weighted by Crippen LogP contribution is -2.38. The molecule has 5 heteroatoms. The van der Waals surface area contributed by atoms with Crippen molar-refractivity contribution in [2.24, 2.45) is 0 Å². The third-order valence-corrected chi connectivity index (χ3v) is 4.69. The predicted molar refractivity (Wildman–Crippen MR) is 98.8 cm³/mol. The van der Waals surface area contributed by atoms with Gasteiger partial charge in [-0.25, -0.2) is 4.98 Å². The molecule has 1 aliphatic heterocycles. The fraction of sp³-hybridized carbons (Fsp3) is 0.200. The second-order valence-corrected chi connectivity index (χ2v) is 6.48. The van der Waals surface area contributed by atoms with E-state index in [2.05, 4.69) is 11.0 Å². The molecule has 0 amide bonds. The van der Waals surface area contributed by atoms with Gasteiger partial charge in [0.05, 0.1) is 23.8 Å². The Morgan fingerprint density at radius 2 is 1.96 bits per heavy atom. The molecule has 0 aliphatic carbocycles. The minimum Gasteiger partial charge on any atom is -0.370 e. The Morgan fingerprint density at radius 1 is 1.12 bits per heavy atom. The number of hydrogen-bond acceptors (Lipinski definition) is 4. The van der Waals surface area contributed by atoms with Crippen LogP contribution in [-0.2, 0) is 4.74 Å². The Morgan fingerprint density at radius 3 is 2.76 bits per heavy atom. The topological polar surface area (TPSA) is 49.2 Å². The van der Waals surface area contributed by atoms with Crippen molar-refractivity contribution < 1.29 is 4.74 Å². The lowest BCUT2D eigenvalue weighted by Gasteiger charge is -2.34. The van der Waals surface area contributed by atoms with Crippen LogP contribution in [0.3, 0.4) is 0 Å². The van der Waals surface area contributed by atoms with Gasteiger partial charge in [-0.3, -0.25) is 0 Å². The molecule has 1 fully saturated rings. The molecular weight excluding hydrogens is 334 g/mol. The van der Waals surface area contributed by atoms with Gasteiger partial charge in [-0.15, -0.1) is 0 Å². The van der Waals surface area contributed by atoms with Crippen molar-refractivity contribution in [1.82, 2.24) is 4.98 Å². The summed E-state index contributed by atoms with van der Waals surface area (Å²) in [6.07, 6.45) is 0.00415. The zero-order valence-corrected chi connectivity index (χ0v) is 14.3. The SMILES string of the molecule is N#Cc1ccc2nc(N3CCO[C@@H](c4ccc(Cl)cc4)C3)ccc2c1. The maximum Gasteiger partial charge on any atom is 0.129 e. The van der Waals surface area contributed by atoms with Crippen LogP contribution in [0, 0.1) is 11.3 Å². The molecule has 2 aromatic carbocycles. The van der Waals surface area contributed by atoms with Crippen molar-refractivity contribution >= 4 is 28.3 Å². The summed E-state index contributed by atoms with van der Waals surface area (Å²) < 4.78 is 5.92. The van der Waals surface area contributed by atoms with Gasteiger partial charge in [-0.2, -0.15) is 5.26 Å². The number of anilines is 1. The fourth-order valence-electron chi connectivity index (χ4n) is 3.10. The van der Waals surface area contributed by atoms with E-state index in [-0.39, 0.29) is 6.10 Å². The van der Waals surface area contributed by atoms with Gasteiger partial charge in [0.2, 0.25) is 0 Å². The molecule has 0 saturated carbocycles. The lowest BCUT2D eigenvalue weighted by atomic mass is 10.1. The molecule has 3 aromatic rings. The minimum absolute atomic E-state index is 0.00415. The van der Waals surface area contributed by atoms with Gasteiger partial charge in [0.15, 0.2) is 0 Å². The molecule has 2 heterocycles. The van der Waals surface area contributed by atoms with E-state index >= 15 is 0 Å². The Bertz CT molecular complexity index is 949. The standard InChI is InChI=1S/C20H16ClN3O/c21-17-5-2-15(3-6-17)19-13-24(9-10-25-19)20-8-4-16-11-14(12-22)1-7-18(16)23-20/h1-8,11,19H,9-10,13H2/t19-/m1/s1.